The van der Waals surface area contributed by atoms with Crippen LogP contribution in [-0.4, -0.2) is 24.3 Å². The van der Waals surface area contributed by atoms with E-state index in [-0.39, 0.29) is 6.04 Å². The van der Waals surface area contributed by atoms with Crippen molar-refractivity contribution in [3.05, 3.63) is 35.4 Å². The number of nitrogens with one attached hydrogen (secondary N) is 1. The molecule has 1 atom stereocenters. The summed E-state index contributed by atoms with van der Waals surface area (Å²) in [7, 11) is 0. The molecule has 0 fully saturated rings. The zero-order chi connectivity index (χ0) is 14.5. The molecule has 106 valence electrons. The van der Waals surface area contributed by atoms with Gasteiger partial charge >= 0.3 is 6.09 Å². The van der Waals surface area contributed by atoms with Gasteiger partial charge in [-0.25, -0.2) is 4.79 Å². The molecule has 0 aromatic heterocycles. The van der Waals surface area contributed by atoms with Crippen molar-refractivity contribution in [3.8, 4) is 0 Å². The number of ether oxygens (including phenoxy) is 1. The highest BCUT2D eigenvalue weighted by molar-refractivity contribution is 5.68. The molecule has 0 aliphatic rings. The minimum atomic E-state index is -0.494. The number of aryl methyl sites for hydroxylation is 1. The second kappa shape index (κ2) is 6.57. The Labute approximate surface area is 115 Å². The van der Waals surface area contributed by atoms with Gasteiger partial charge in [0.25, 0.3) is 0 Å². The minimum Gasteiger partial charge on any atom is -0.444 e. The van der Waals surface area contributed by atoms with Gasteiger partial charge in [-0.15, -0.1) is 0 Å². The molecule has 0 saturated carbocycles. The van der Waals surface area contributed by atoms with Gasteiger partial charge in [0.1, 0.15) is 5.60 Å². The summed E-state index contributed by atoms with van der Waals surface area (Å²) < 4.78 is 5.23. The summed E-state index contributed by atoms with van der Waals surface area (Å²) in [6, 6.07) is 7.97. The van der Waals surface area contributed by atoms with Gasteiger partial charge in [-0.05, 0) is 45.2 Å². The lowest BCUT2D eigenvalue weighted by atomic mass is 10.0. The van der Waals surface area contributed by atoms with E-state index in [9.17, 15) is 4.79 Å². The van der Waals surface area contributed by atoms with Crippen molar-refractivity contribution in [2.45, 2.75) is 45.8 Å². The lowest BCUT2D eigenvalue weighted by molar-refractivity contribution is 0.0506. The molecule has 1 aromatic carbocycles. The molecule has 19 heavy (non-hydrogen) atoms. The first kappa shape index (κ1) is 15.5. The molecule has 1 aromatic rings. The number of benzene rings is 1. The fourth-order valence-electron chi connectivity index (χ4n) is 1.77. The third-order valence-electron chi connectivity index (χ3n) is 2.73. The first-order chi connectivity index (χ1) is 8.81. The van der Waals surface area contributed by atoms with Gasteiger partial charge in [0, 0.05) is 12.6 Å². The van der Waals surface area contributed by atoms with Gasteiger partial charge in [-0.2, -0.15) is 0 Å². The standard InChI is InChI=1S/C15H24N2O2/c1-11-7-5-6-8-12(11)9-13(10-16)17-14(18)19-15(2,3)4/h5-8,13H,9-10,16H2,1-4H3,(H,17,18). The Morgan fingerprint density at radius 2 is 2.00 bits per heavy atom. The monoisotopic (exact) mass is 264 g/mol. The lowest BCUT2D eigenvalue weighted by Gasteiger charge is -2.23. The summed E-state index contributed by atoms with van der Waals surface area (Å²) in [6.07, 6.45) is 0.291. The fourth-order valence-corrected chi connectivity index (χ4v) is 1.77. The molecule has 3 N–H and O–H groups in total. The van der Waals surface area contributed by atoms with Gasteiger partial charge in [0.2, 0.25) is 0 Å². The number of carbonyl (C=O) groups is 1. The predicted molar refractivity (Wildman–Crippen MR) is 77.1 cm³/mol. The fraction of sp³-hybridized carbons (Fsp3) is 0.533. The minimum absolute atomic E-state index is 0.115. The highest BCUT2D eigenvalue weighted by atomic mass is 16.6. The molecule has 1 unspecified atom stereocenters. The van der Waals surface area contributed by atoms with Crippen LogP contribution in [0.3, 0.4) is 0 Å². The number of hydrogen-bond donors (Lipinski definition) is 2. The van der Waals surface area contributed by atoms with Crippen LogP contribution in [0, 0.1) is 6.92 Å². The Morgan fingerprint density at radius 1 is 1.37 bits per heavy atom. The molecule has 0 aliphatic heterocycles. The zero-order valence-electron chi connectivity index (χ0n) is 12.2. The average Bonchev–Trinajstić information content (AvgIpc) is 2.28. The van der Waals surface area contributed by atoms with Crippen molar-refractivity contribution < 1.29 is 9.53 Å². The molecule has 0 saturated heterocycles. The predicted octanol–water partition coefficient (Wildman–Crippen LogP) is 2.39. The van der Waals surface area contributed by atoms with Crippen LogP contribution in [0.1, 0.15) is 31.9 Å². The quantitative estimate of drug-likeness (QED) is 0.877. The molecule has 1 amide bonds. The molecular weight excluding hydrogens is 240 g/mol. The summed E-state index contributed by atoms with van der Waals surface area (Å²) in [5, 5.41) is 2.81. The van der Waals surface area contributed by atoms with Crippen LogP contribution in [0.15, 0.2) is 24.3 Å². The van der Waals surface area contributed by atoms with Crippen molar-refractivity contribution in [2.24, 2.45) is 5.73 Å². The van der Waals surface area contributed by atoms with Crippen molar-refractivity contribution in [1.29, 1.82) is 0 Å². The van der Waals surface area contributed by atoms with Gasteiger partial charge in [-0.1, -0.05) is 24.3 Å². The van der Waals surface area contributed by atoms with Crippen LogP contribution in [-0.2, 0) is 11.2 Å². The summed E-state index contributed by atoms with van der Waals surface area (Å²) in [5.41, 5.74) is 7.61. The van der Waals surface area contributed by atoms with E-state index >= 15 is 0 Å². The lowest BCUT2D eigenvalue weighted by Crippen LogP contribution is -2.44. The third kappa shape index (κ3) is 5.75. The van der Waals surface area contributed by atoms with Crippen molar-refractivity contribution in [2.75, 3.05) is 6.54 Å². The Bertz CT molecular complexity index is 424. The van der Waals surface area contributed by atoms with E-state index in [1.54, 1.807) is 0 Å². The van der Waals surface area contributed by atoms with E-state index in [0.717, 1.165) is 0 Å². The van der Waals surface area contributed by atoms with Crippen LogP contribution < -0.4 is 11.1 Å². The maximum Gasteiger partial charge on any atom is 0.407 e. The van der Waals surface area contributed by atoms with Crippen molar-refractivity contribution >= 4 is 6.09 Å². The molecule has 4 nitrogen and oxygen atoms in total. The van der Waals surface area contributed by atoms with Crippen LogP contribution in [0.2, 0.25) is 0 Å². The highest BCUT2D eigenvalue weighted by Gasteiger charge is 2.19. The Balaban J connectivity index is 2.60. The molecule has 1 rings (SSSR count). The number of alkyl carbamates (subject to hydrolysis) is 1. The summed E-state index contributed by atoms with van der Waals surface area (Å²) in [5.74, 6) is 0. The maximum absolute atomic E-state index is 11.7. The van der Waals surface area contributed by atoms with E-state index in [0.29, 0.717) is 13.0 Å². The normalized spacial score (nSPS) is 12.9. The van der Waals surface area contributed by atoms with E-state index < -0.39 is 11.7 Å². The number of carbonyl (C=O) groups excluding carboxylic acids is 1. The second-order valence-corrected chi connectivity index (χ2v) is 5.71. The first-order valence-corrected chi connectivity index (χ1v) is 6.56. The Kier molecular flexibility index (Phi) is 5.36. The largest absolute Gasteiger partial charge is 0.444 e. The average molecular weight is 264 g/mol. The van der Waals surface area contributed by atoms with Gasteiger partial charge in [0.05, 0.1) is 0 Å². The number of nitrogens with two attached hydrogens (primary N) is 1. The van der Waals surface area contributed by atoms with Crippen LogP contribution in [0.4, 0.5) is 4.79 Å². The third-order valence-corrected chi connectivity index (χ3v) is 2.73. The number of rotatable bonds is 4. The smallest absolute Gasteiger partial charge is 0.407 e. The zero-order valence-corrected chi connectivity index (χ0v) is 12.2. The summed E-state index contributed by atoms with van der Waals surface area (Å²) in [4.78, 5) is 11.7. The van der Waals surface area contributed by atoms with Crippen LogP contribution >= 0.6 is 0 Å². The Hall–Kier alpha value is -1.55. The van der Waals surface area contributed by atoms with E-state index in [1.807, 2.05) is 32.9 Å². The van der Waals surface area contributed by atoms with Crippen LogP contribution in [0.25, 0.3) is 0 Å². The summed E-state index contributed by atoms with van der Waals surface area (Å²) >= 11 is 0. The molecular formula is C15H24N2O2. The Morgan fingerprint density at radius 3 is 2.53 bits per heavy atom. The SMILES string of the molecule is Cc1ccccc1CC(CN)NC(=O)OC(C)(C)C. The molecule has 0 heterocycles. The van der Waals surface area contributed by atoms with Gasteiger partial charge < -0.3 is 15.8 Å². The first-order valence-electron chi connectivity index (χ1n) is 6.56. The highest BCUT2D eigenvalue weighted by Crippen LogP contribution is 2.11. The molecule has 4 heteroatoms. The van der Waals surface area contributed by atoms with Crippen molar-refractivity contribution in [1.82, 2.24) is 5.32 Å². The molecule has 0 bridgehead atoms. The summed E-state index contributed by atoms with van der Waals surface area (Å²) in [6.45, 7) is 7.95. The van der Waals surface area contributed by atoms with Crippen molar-refractivity contribution in [3.63, 3.8) is 0 Å². The van der Waals surface area contributed by atoms with Crippen LogP contribution in [0.5, 0.6) is 0 Å². The molecule has 0 radical (unpaired) electrons. The molecule has 0 aliphatic carbocycles. The van der Waals surface area contributed by atoms with E-state index in [2.05, 4.69) is 24.4 Å². The number of amides is 1. The molecule has 0 spiro atoms. The van der Waals surface area contributed by atoms with Gasteiger partial charge in [-0.3, -0.25) is 0 Å². The number of hydrogen-bond acceptors (Lipinski definition) is 3. The van der Waals surface area contributed by atoms with E-state index in [4.69, 9.17) is 10.5 Å². The van der Waals surface area contributed by atoms with E-state index in [1.165, 1.54) is 11.1 Å². The van der Waals surface area contributed by atoms with Gasteiger partial charge in [0.15, 0.2) is 0 Å². The maximum atomic E-state index is 11.7. The second-order valence-electron chi connectivity index (χ2n) is 5.71. The topological polar surface area (TPSA) is 64.3 Å².